The van der Waals surface area contributed by atoms with E-state index in [0.717, 1.165) is 33.7 Å². The van der Waals surface area contributed by atoms with Crippen LogP contribution in [-0.2, 0) is 0 Å². The predicted molar refractivity (Wildman–Crippen MR) is 68.8 cm³/mol. The zero-order chi connectivity index (χ0) is 12.1. The summed E-state index contributed by atoms with van der Waals surface area (Å²) >= 11 is 0. The van der Waals surface area contributed by atoms with Crippen molar-refractivity contribution in [1.29, 1.82) is 0 Å². The lowest BCUT2D eigenvalue weighted by Crippen LogP contribution is -2.28. The van der Waals surface area contributed by atoms with Gasteiger partial charge in [-0.2, -0.15) is 0 Å². The highest BCUT2D eigenvalue weighted by Gasteiger charge is 2.25. The van der Waals surface area contributed by atoms with Crippen LogP contribution < -0.4 is 10.5 Å². The molecule has 16 heavy (non-hydrogen) atoms. The third kappa shape index (κ3) is 1.49. The van der Waals surface area contributed by atoms with Crippen molar-refractivity contribution in [3.8, 4) is 5.75 Å². The summed E-state index contributed by atoms with van der Waals surface area (Å²) in [5.74, 6) is 0.983. The Balaban J connectivity index is 2.73. The molecule has 2 rings (SSSR count). The summed E-state index contributed by atoms with van der Waals surface area (Å²) in [6.45, 7) is 10.3. The van der Waals surface area contributed by atoms with Gasteiger partial charge in [-0.3, -0.25) is 0 Å². The summed E-state index contributed by atoms with van der Waals surface area (Å²) in [4.78, 5) is 0. The first kappa shape index (κ1) is 11.1. The van der Waals surface area contributed by atoms with Gasteiger partial charge in [0.15, 0.2) is 0 Å². The van der Waals surface area contributed by atoms with E-state index in [4.69, 9.17) is 10.5 Å². The number of nitrogens with two attached hydrogens (primary N) is 1. The zero-order valence-electron chi connectivity index (χ0n) is 10.6. The molecule has 2 nitrogen and oxygen atoms in total. The quantitative estimate of drug-likeness (QED) is 0.676. The molecule has 86 valence electrons. The van der Waals surface area contributed by atoms with Gasteiger partial charge >= 0.3 is 0 Å². The lowest BCUT2D eigenvalue weighted by Gasteiger charge is -2.31. The van der Waals surface area contributed by atoms with Crippen LogP contribution in [0.25, 0.3) is 6.08 Å². The molecule has 2 heteroatoms. The van der Waals surface area contributed by atoms with Gasteiger partial charge in [0.25, 0.3) is 0 Å². The number of nitrogen functional groups attached to an aromatic ring is 1. The first-order chi connectivity index (χ1) is 7.33. The van der Waals surface area contributed by atoms with E-state index in [1.54, 1.807) is 0 Å². The van der Waals surface area contributed by atoms with Crippen LogP contribution in [0.3, 0.4) is 0 Å². The fraction of sp³-hybridized carbons (Fsp3) is 0.429. The van der Waals surface area contributed by atoms with Crippen molar-refractivity contribution < 1.29 is 4.74 Å². The number of rotatable bonds is 0. The lowest BCUT2D eigenvalue weighted by atomic mass is 9.92. The maximum atomic E-state index is 6.08. The van der Waals surface area contributed by atoms with Gasteiger partial charge in [0, 0.05) is 11.3 Å². The van der Waals surface area contributed by atoms with Gasteiger partial charge in [-0.25, -0.2) is 0 Å². The number of benzene rings is 1. The van der Waals surface area contributed by atoms with E-state index >= 15 is 0 Å². The van der Waals surface area contributed by atoms with Crippen molar-refractivity contribution in [3.05, 3.63) is 28.3 Å². The maximum Gasteiger partial charge on any atom is 0.131 e. The van der Waals surface area contributed by atoms with Gasteiger partial charge in [-0.15, -0.1) is 0 Å². The Bertz CT molecular complexity index is 484. The van der Waals surface area contributed by atoms with Gasteiger partial charge in [0.2, 0.25) is 0 Å². The number of fused-ring (bicyclic) bond motifs is 1. The molecule has 0 aliphatic carbocycles. The van der Waals surface area contributed by atoms with Gasteiger partial charge in [-0.1, -0.05) is 6.08 Å². The Hall–Kier alpha value is -1.44. The summed E-state index contributed by atoms with van der Waals surface area (Å²) in [5, 5.41) is 0. The number of anilines is 1. The summed E-state index contributed by atoms with van der Waals surface area (Å²) in [7, 11) is 0. The molecule has 2 N–H and O–H groups in total. The Morgan fingerprint density at radius 3 is 2.31 bits per heavy atom. The van der Waals surface area contributed by atoms with Gasteiger partial charge in [0.1, 0.15) is 11.4 Å². The van der Waals surface area contributed by atoms with Crippen LogP contribution in [0.1, 0.15) is 36.1 Å². The highest BCUT2D eigenvalue weighted by molar-refractivity contribution is 5.75. The van der Waals surface area contributed by atoms with E-state index in [-0.39, 0.29) is 5.60 Å². The summed E-state index contributed by atoms with van der Waals surface area (Å²) < 4.78 is 6.02. The van der Waals surface area contributed by atoms with Crippen molar-refractivity contribution in [3.63, 3.8) is 0 Å². The van der Waals surface area contributed by atoms with E-state index in [0.29, 0.717) is 0 Å². The van der Waals surface area contributed by atoms with Gasteiger partial charge in [-0.05, 0) is 57.4 Å². The van der Waals surface area contributed by atoms with Crippen LogP contribution in [0.4, 0.5) is 5.69 Å². The second-order valence-electron chi connectivity index (χ2n) is 5.07. The van der Waals surface area contributed by atoms with Crippen LogP contribution in [0.5, 0.6) is 5.75 Å². The summed E-state index contributed by atoms with van der Waals surface area (Å²) in [6.07, 6.45) is 4.20. The fourth-order valence-electron chi connectivity index (χ4n) is 2.08. The molecule has 1 aliphatic heterocycles. The van der Waals surface area contributed by atoms with Crippen molar-refractivity contribution in [1.82, 2.24) is 0 Å². The predicted octanol–water partition coefficient (Wildman–Crippen LogP) is 3.38. The normalized spacial score (nSPS) is 16.8. The highest BCUT2D eigenvalue weighted by Crippen LogP contribution is 2.40. The topological polar surface area (TPSA) is 35.2 Å². The minimum Gasteiger partial charge on any atom is -0.483 e. The van der Waals surface area contributed by atoms with E-state index in [9.17, 15) is 0 Å². The molecular formula is C14H19NO. The number of hydrogen-bond donors (Lipinski definition) is 1. The molecule has 0 aromatic heterocycles. The summed E-state index contributed by atoms with van der Waals surface area (Å²) in [5.41, 5.74) is 11.3. The Kier molecular flexibility index (Phi) is 2.26. The van der Waals surface area contributed by atoms with Crippen LogP contribution >= 0.6 is 0 Å². The van der Waals surface area contributed by atoms with Gasteiger partial charge < -0.3 is 10.5 Å². The molecule has 1 aromatic rings. The Labute approximate surface area is 97.1 Å². The smallest absolute Gasteiger partial charge is 0.131 e. The minimum absolute atomic E-state index is 0.229. The van der Waals surface area contributed by atoms with Crippen LogP contribution in [0.2, 0.25) is 0 Å². The number of ether oxygens (including phenoxy) is 1. The Morgan fingerprint density at radius 2 is 1.69 bits per heavy atom. The average molecular weight is 217 g/mol. The third-order valence-corrected chi connectivity index (χ3v) is 3.38. The molecule has 0 spiro atoms. The SMILES string of the molecule is Cc1c(C)c2c(c(C)c1N)C=CC(C)(C)O2. The molecular weight excluding hydrogens is 198 g/mol. The molecule has 0 bridgehead atoms. The zero-order valence-corrected chi connectivity index (χ0v) is 10.6. The maximum absolute atomic E-state index is 6.08. The third-order valence-electron chi connectivity index (χ3n) is 3.38. The van der Waals surface area contributed by atoms with Crippen molar-refractivity contribution >= 4 is 11.8 Å². The van der Waals surface area contributed by atoms with E-state index < -0.39 is 0 Å². The van der Waals surface area contributed by atoms with Crippen LogP contribution in [0.15, 0.2) is 6.08 Å². The standard InChI is InChI=1S/C14H19NO/c1-8-9(2)13-11(10(3)12(8)15)6-7-14(4,5)16-13/h6-7H,15H2,1-5H3. The van der Waals surface area contributed by atoms with E-state index in [2.05, 4.69) is 32.9 Å². The molecule has 1 aliphatic rings. The second-order valence-corrected chi connectivity index (χ2v) is 5.07. The lowest BCUT2D eigenvalue weighted by molar-refractivity contribution is 0.157. The van der Waals surface area contributed by atoms with E-state index in [1.165, 1.54) is 0 Å². The molecule has 0 radical (unpaired) electrons. The van der Waals surface area contributed by atoms with Crippen molar-refractivity contribution in [2.45, 2.75) is 40.2 Å². The molecule has 1 aromatic carbocycles. The molecule has 1 heterocycles. The van der Waals surface area contributed by atoms with Crippen LogP contribution in [-0.4, -0.2) is 5.60 Å². The minimum atomic E-state index is -0.229. The van der Waals surface area contributed by atoms with Crippen LogP contribution in [0, 0.1) is 20.8 Å². The number of hydrogen-bond acceptors (Lipinski definition) is 2. The first-order valence-electron chi connectivity index (χ1n) is 5.61. The monoisotopic (exact) mass is 217 g/mol. The average Bonchev–Trinajstić information content (AvgIpc) is 2.22. The molecule has 0 amide bonds. The highest BCUT2D eigenvalue weighted by atomic mass is 16.5. The van der Waals surface area contributed by atoms with Crippen molar-refractivity contribution in [2.75, 3.05) is 5.73 Å². The molecule has 0 saturated carbocycles. The summed E-state index contributed by atoms with van der Waals surface area (Å²) in [6, 6.07) is 0. The second kappa shape index (κ2) is 3.27. The Morgan fingerprint density at radius 1 is 1.06 bits per heavy atom. The van der Waals surface area contributed by atoms with Crippen molar-refractivity contribution in [2.24, 2.45) is 0 Å². The van der Waals surface area contributed by atoms with E-state index in [1.807, 2.05) is 13.8 Å². The molecule has 0 atom stereocenters. The molecule has 0 fully saturated rings. The first-order valence-corrected chi connectivity index (χ1v) is 5.61. The largest absolute Gasteiger partial charge is 0.483 e. The van der Waals surface area contributed by atoms with Gasteiger partial charge in [0.05, 0.1) is 0 Å². The molecule has 0 unspecified atom stereocenters. The molecule has 0 saturated heterocycles. The fourth-order valence-corrected chi connectivity index (χ4v) is 2.08.